The number of hydrogen-bond donors (Lipinski definition) is 0. The van der Waals surface area contributed by atoms with Crippen molar-refractivity contribution in [1.29, 1.82) is 0 Å². The average Bonchev–Trinajstić information content (AvgIpc) is 2.69. The summed E-state index contributed by atoms with van der Waals surface area (Å²) >= 11 is 0. The van der Waals surface area contributed by atoms with Gasteiger partial charge >= 0.3 is 5.97 Å². The van der Waals surface area contributed by atoms with Gasteiger partial charge in [0.2, 0.25) is 0 Å². The van der Waals surface area contributed by atoms with Crippen molar-refractivity contribution in [2.75, 3.05) is 32.7 Å². The Morgan fingerprint density at radius 2 is 1.72 bits per heavy atom. The maximum atomic E-state index is 13.4. The van der Waals surface area contributed by atoms with E-state index < -0.39 is 5.54 Å². The molecule has 0 amide bonds. The molecule has 4 nitrogen and oxygen atoms in total. The van der Waals surface area contributed by atoms with Crippen LogP contribution in [0.4, 0.5) is 0 Å². The normalized spacial score (nSPS) is 32.1. The molecule has 4 heterocycles. The Bertz CT molecular complexity index is 591. The number of esters is 1. The Morgan fingerprint density at radius 3 is 2.32 bits per heavy atom. The Kier molecular flexibility index (Phi) is 4.83. The van der Waals surface area contributed by atoms with Gasteiger partial charge < -0.3 is 4.74 Å². The van der Waals surface area contributed by atoms with E-state index in [9.17, 15) is 4.79 Å². The molecule has 0 radical (unpaired) electrons. The van der Waals surface area contributed by atoms with Crippen molar-refractivity contribution in [3.8, 4) is 0 Å². The number of piperidine rings is 4. The standard InChI is InChI=1S/C21H30N2O2/c1-21(18-8-4-2-5-9-18,23-12-6-3-7-13-23)20(24)25-19-16-22-14-10-17(19)11-15-22/h2,4-5,8-9,17,19H,3,6-7,10-16H2,1H3. The van der Waals surface area contributed by atoms with E-state index in [4.69, 9.17) is 4.74 Å². The quantitative estimate of drug-likeness (QED) is 0.788. The van der Waals surface area contributed by atoms with Crippen LogP contribution in [0.2, 0.25) is 0 Å². The lowest BCUT2D eigenvalue weighted by molar-refractivity contribution is -0.174. The molecule has 1 aromatic carbocycles. The first kappa shape index (κ1) is 17.0. The fraction of sp³-hybridized carbons (Fsp3) is 0.667. The third-order valence-corrected chi connectivity index (χ3v) is 6.58. The van der Waals surface area contributed by atoms with Gasteiger partial charge in [0.25, 0.3) is 0 Å². The van der Waals surface area contributed by atoms with Gasteiger partial charge in [-0.3, -0.25) is 9.80 Å². The van der Waals surface area contributed by atoms with Crippen LogP contribution < -0.4 is 0 Å². The van der Waals surface area contributed by atoms with Crippen LogP contribution in [0.3, 0.4) is 0 Å². The van der Waals surface area contributed by atoms with Crippen LogP contribution in [-0.2, 0) is 15.1 Å². The monoisotopic (exact) mass is 342 g/mol. The van der Waals surface area contributed by atoms with Crippen molar-refractivity contribution in [2.45, 2.75) is 50.7 Å². The van der Waals surface area contributed by atoms with Crippen LogP contribution in [0.25, 0.3) is 0 Å². The van der Waals surface area contributed by atoms with E-state index in [1.165, 1.54) is 32.4 Å². The van der Waals surface area contributed by atoms with Crippen LogP contribution in [0.5, 0.6) is 0 Å². The van der Waals surface area contributed by atoms with Crippen molar-refractivity contribution in [3.63, 3.8) is 0 Å². The summed E-state index contributed by atoms with van der Waals surface area (Å²) in [4.78, 5) is 18.2. The molecule has 2 atom stereocenters. The van der Waals surface area contributed by atoms with Crippen LogP contribution in [-0.4, -0.2) is 54.6 Å². The van der Waals surface area contributed by atoms with Gasteiger partial charge in [-0.1, -0.05) is 36.8 Å². The minimum Gasteiger partial charge on any atom is -0.459 e. The summed E-state index contributed by atoms with van der Waals surface area (Å²) in [5.41, 5.74) is 0.386. The van der Waals surface area contributed by atoms with Gasteiger partial charge in [0, 0.05) is 6.54 Å². The van der Waals surface area contributed by atoms with Gasteiger partial charge in [0.05, 0.1) is 0 Å². The predicted molar refractivity (Wildman–Crippen MR) is 98.3 cm³/mol. The van der Waals surface area contributed by atoms with E-state index in [1.807, 2.05) is 18.2 Å². The van der Waals surface area contributed by atoms with Crippen molar-refractivity contribution in [2.24, 2.45) is 5.92 Å². The molecule has 4 aliphatic rings. The molecule has 4 aliphatic heterocycles. The highest BCUT2D eigenvalue weighted by molar-refractivity contribution is 5.82. The van der Waals surface area contributed by atoms with Gasteiger partial charge in [-0.2, -0.15) is 0 Å². The molecule has 5 rings (SSSR count). The second-order valence-electron chi connectivity index (χ2n) is 8.07. The molecule has 2 unspecified atom stereocenters. The number of rotatable bonds is 4. The molecule has 136 valence electrons. The number of fused-ring (bicyclic) bond motifs is 3. The van der Waals surface area contributed by atoms with Crippen molar-refractivity contribution in [3.05, 3.63) is 35.9 Å². The van der Waals surface area contributed by atoms with E-state index in [-0.39, 0.29) is 12.1 Å². The zero-order valence-electron chi connectivity index (χ0n) is 15.3. The van der Waals surface area contributed by atoms with E-state index in [1.54, 1.807) is 0 Å². The Balaban J connectivity index is 1.58. The van der Waals surface area contributed by atoms with E-state index in [0.29, 0.717) is 5.92 Å². The lowest BCUT2D eigenvalue weighted by Gasteiger charge is -2.46. The van der Waals surface area contributed by atoms with Gasteiger partial charge in [0.1, 0.15) is 11.6 Å². The number of carbonyl (C=O) groups is 1. The second-order valence-corrected chi connectivity index (χ2v) is 8.07. The highest BCUT2D eigenvalue weighted by atomic mass is 16.5. The van der Waals surface area contributed by atoms with Crippen LogP contribution in [0.1, 0.15) is 44.6 Å². The van der Waals surface area contributed by atoms with E-state index in [0.717, 1.165) is 38.0 Å². The molecule has 25 heavy (non-hydrogen) atoms. The van der Waals surface area contributed by atoms with Crippen LogP contribution in [0, 0.1) is 5.92 Å². The topological polar surface area (TPSA) is 32.8 Å². The SMILES string of the molecule is CC(C(=O)OC1CN2CCC1CC2)(c1ccccc1)N1CCCCC1. The van der Waals surface area contributed by atoms with Crippen molar-refractivity contribution in [1.82, 2.24) is 9.80 Å². The molecule has 0 spiro atoms. The van der Waals surface area contributed by atoms with Gasteiger partial charge in [-0.25, -0.2) is 4.79 Å². The van der Waals surface area contributed by atoms with Crippen LogP contribution in [0.15, 0.2) is 30.3 Å². The number of carbonyl (C=O) groups excluding carboxylic acids is 1. The third-order valence-electron chi connectivity index (χ3n) is 6.58. The highest BCUT2D eigenvalue weighted by Crippen LogP contribution is 2.35. The average molecular weight is 342 g/mol. The molecule has 4 fully saturated rings. The van der Waals surface area contributed by atoms with E-state index in [2.05, 4.69) is 28.9 Å². The maximum absolute atomic E-state index is 13.4. The predicted octanol–water partition coefficient (Wildman–Crippen LogP) is 3.03. The summed E-state index contributed by atoms with van der Waals surface area (Å²) in [5.74, 6) is 0.495. The molecule has 0 N–H and O–H groups in total. The Labute approximate surface area is 151 Å². The molecule has 4 heteroatoms. The Hall–Kier alpha value is -1.39. The molecule has 2 bridgehead atoms. The van der Waals surface area contributed by atoms with Crippen molar-refractivity contribution < 1.29 is 9.53 Å². The zero-order chi connectivity index (χ0) is 17.3. The largest absolute Gasteiger partial charge is 0.459 e. The molecule has 0 aliphatic carbocycles. The Morgan fingerprint density at radius 1 is 1.04 bits per heavy atom. The smallest absolute Gasteiger partial charge is 0.331 e. The molecule has 1 aromatic rings. The zero-order valence-corrected chi connectivity index (χ0v) is 15.3. The number of nitrogens with zero attached hydrogens (tertiary/aromatic N) is 2. The first-order valence-electron chi connectivity index (χ1n) is 9.92. The van der Waals surface area contributed by atoms with E-state index >= 15 is 0 Å². The molecular weight excluding hydrogens is 312 g/mol. The lowest BCUT2D eigenvalue weighted by atomic mass is 9.85. The summed E-state index contributed by atoms with van der Waals surface area (Å²) in [7, 11) is 0. The summed E-state index contributed by atoms with van der Waals surface area (Å²) in [5, 5.41) is 0. The highest BCUT2D eigenvalue weighted by Gasteiger charge is 2.46. The number of ether oxygens (including phenoxy) is 1. The van der Waals surface area contributed by atoms with Gasteiger partial charge in [-0.15, -0.1) is 0 Å². The summed E-state index contributed by atoms with van der Waals surface area (Å²) < 4.78 is 6.18. The minimum atomic E-state index is -0.673. The third kappa shape index (κ3) is 3.22. The first-order chi connectivity index (χ1) is 12.2. The number of benzene rings is 1. The molecule has 4 saturated heterocycles. The first-order valence-corrected chi connectivity index (χ1v) is 9.92. The fourth-order valence-electron chi connectivity index (χ4n) is 4.83. The molecular formula is C21H30N2O2. The fourth-order valence-corrected chi connectivity index (χ4v) is 4.83. The number of likely N-dealkylation sites (tertiary alicyclic amines) is 1. The lowest BCUT2D eigenvalue weighted by Crippen LogP contribution is -2.57. The maximum Gasteiger partial charge on any atom is 0.331 e. The second kappa shape index (κ2) is 7.08. The summed E-state index contributed by atoms with van der Waals surface area (Å²) in [6.07, 6.45) is 6.00. The van der Waals surface area contributed by atoms with Crippen LogP contribution >= 0.6 is 0 Å². The van der Waals surface area contributed by atoms with Gasteiger partial charge in [0.15, 0.2) is 0 Å². The summed E-state index contributed by atoms with van der Waals surface area (Å²) in [6, 6.07) is 10.2. The number of hydrogen-bond acceptors (Lipinski definition) is 4. The van der Waals surface area contributed by atoms with Gasteiger partial charge in [-0.05, 0) is 70.3 Å². The molecule has 0 aromatic heterocycles. The molecule has 0 saturated carbocycles. The summed E-state index contributed by atoms with van der Waals surface area (Å²) in [6.45, 7) is 7.27. The minimum absolute atomic E-state index is 0.0562. The van der Waals surface area contributed by atoms with Crippen molar-refractivity contribution >= 4 is 5.97 Å².